The van der Waals surface area contributed by atoms with E-state index in [0.29, 0.717) is 28.6 Å². The van der Waals surface area contributed by atoms with E-state index < -0.39 is 0 Å². The first-order valence-electron chi connectivity index (χ1n) is 7.47. The number of aromatic nitrogens is 1. The van der Waals surface area contributed by atoms with Crippen LogP contribution in [0.5, 0.6) is 23.0 Å². The number of hydrogen-bond donors (Lipinski definition) is 0. The van der Waals surface area contributed by atoms with Crippen molar-refractivity contribution in [2.24, 2.45) is 7.05 Å². The fourth-order valence-electron chi connectivity index (χ4n) is 2.78. The molecule has 0 aliphatic carbocycles. The molecule has 0 bridgehead atoms. The molecular weight excluding hydrogens is 304 g/mol. The summed E-state index contributed by atoms with van der Waals surface area (Å²) in [6.07, 6.45) is 1.81. The Balaban J connectivity index is 2.02. The minimum atomic E-state index is 0.614. The van der Waals surface area contributed by atoms with Crippen molar-refractivity contribution in [1.29, 1.82) is 5.26 Å². The molecule has 0 amide bonds. The van der Waals surface area contributed by atoms with Gasteiger partial charge in [-0.3, -0.25) is 0 Å². The Bertz CT molecular complexity index is 926. The van der Waals surface area contributed by atoms with Crippen molar-refractivity contribution in [3.05, 3.63) is 47.7 Å². The zero-order valence-electron chi connectivity index (χ0n) is 14.1. The molecule has 0 fully saturated rings. The Morgan fingerprint density at radius 3 is 2.25 bits per heavy atom. The van der Waals surface area contributed by atoms with Gasteiger partial charge in [0, 0.05) is 41.8 Å². The molecule has 24 heavy (non-hydrogen) atoms. The van der Waals surface area contributed by atoms with Gasteiger partial charge in [-0.05, 0) is 25.1 Å². The van der Waals surface area contributed by atoms with E-state index in [1.807, 2.05) is 55.1 Å². The molecule has 0 atom stereocenters. The standard InChI is InChI=1S/C19H18N2O3/c1-12-18(22-3)8-15(9-19(12)23-4)24-14-5-6-17-16(7-14)13(10-20)11-21(17)2/h5-9,11H,1-4H3. The van der Waals surface area contributed by atoms with Gasteiger partial charge in [0.1, 0.15) is 29.1 Å². The van der Waals surface area contributed by atoms with E-state index in [4.69, 9.17) is 14.2 Å². The molecule has 0 saturated carbocycles. The van der Waals surface area contributed by atoms with Gasteiger partial charge >= 0.3 is 0 Å². The van der Waals surface area contributed by atoms with Crippen molar-refractivity contribution in [1.82, 2.24) is 4.57 Å². The summed E-state index contributed by atoms with van der Waals surface area (Å²) in [7, 11) is 5.14. The van der Waals surface area contributed by atoms with Gasteiger partial charge < -0.3 is 18.8 Å². The predicted octanol–water partition coefficient (Wildman–Crippen LogP) is 4.17. The minimum absolute atomic E-state index is 0.614. The maximum absolute atomic E-state index is 9.26. The molecule has 2 aromatic carbocycles. The quantitative estimate of drug-likeness (QED) is 0.723. The van der Waals surface area contributed by atoms with Crippen LogP contribution >= 0.6 is 0 Å². The van der Waals surface area contributed by atoms with Crippen LogP contribution in [0.3, 0.4) is 0 Å². The molecule has 3 rings (SSSR count). The number of hydrogen-bond acceptors (Lipinski definition) is 4. The summed E-state index contributed by atoms with van der Waals surface area (Å²) in [5.41, 5.74) is 2.52. The smallest absolute Gasteiger partial charge is 0.134 e. The summed E-state index contributed by atoms with van der Waals surface area (Å²) in [6.45, 7) is 1.93. The number of benzene rings is 2. The number of methoxy groups -OCH3 is 2. The molecule has 0 saturated heterocycles. The summed E-state index contributed by atoms with van der Waals surface area (Å²) >= 11 is 0. The highest BCUT2D eigenvalue weighted by atomic mass is 16.5. The van der Waals surface area contributed by atoms with E-state index in [0.717, 1.165) is 16.5 Å². The molecule has 122 valence electrons. The van der Waals surface area contributed by atoms with Crippen molar-refractivity contribution < 1.29 is 14.2 Å². The topological polar surface area (TPSA) is 56.4 Å². The van der Waals surface area contributed by atoms with E-state index in [1.54, 1.807) is 14.2 Å². The molecule has 0 aliphatic rings. The Labute approximate surface area is 140 Å². The van der Waals surface area contributed by atoms with Crippen molar-refractivity contribution in [2.45, 2.75) is 6.92 Å². The van der Waals surface area contributed by atoms with E-state index in [1.165, 1.54) is 0 Å². The van der Waals surface area contributed by atoms with Crippen LogP contribution in [0.2, 0.25) is 0 Å². The normalized spacial score (nSPS) is 10.5. The van der Waals surface area contributed by atoms with Gasteiger partial charge in [0.25, 0.3) is 0 Å². The molecule has 5 heteroatoms. The maximum atomic E-state index is 9.26. The molecular formula is C19H18N2O3. The average molecular weight is 322 g/mol. The van der Waals surface area contributed by atoms with Crippen molar-refractivity contribution in [3.8, 4) is 29.1 Å². The molecule has 0 spiro atoms. The summed E-state index contributed by atoms with van der Waals surface area (Å²) in [4.78, 5) is 0. The Morgan fingerprint density at radius 1 is 1.00 bits per heavy atom. The summed E-state index contributed by atoms with van der Waals surface area (Å²) < 4.78 is 18.6. The molecule has 0 aliphatic heterocycles. The average Bonchev–Trinajstić information content (AvgIpc) is 2.91. The van der Waals surface area contributed by atoms with Gasteiger partial charge in [-0.2, -0.15) is 5.26 Å². The first kappa shape index (κ1) is 15.8. The van der Waals surface area contributed by atoms with Crippen LogP contribution in [-0.4, -0.2) is 18.8 Å². The molecule has 1 heterocycles. The van der Waals surface area contributed by atoms with E-state index >= 15 is 0 Å². The number of rotatable bonds is 4. The van der Waals surface area contributed by atoms with Crippen molar-refractivity contribution in [3.63, 3.8) is 0 Å². The van der Waals surface area contributed by atoms with E-state index in [-0.39, 0.29) is 0 Å². The Hall–Kier alpha value is -3.13. The predicted molar refractivity (Wildman–Crippen MR) is 92.0 cm³/mol. The van der Waals surface area contributed by atoms with E-state index in [9.17, 15) is 5.26 Å². The summed E-state index contributed by atoms with van der Waals surface area (Å²) in [5.74, 6) is 2.66. The number of nitriles is 1. The first-order valence-corrected chi connectivity index (χ1v) is 7.47. The van der Waals surface area contributed by atoms with Crippen LogP contribution in [0.25, 0.3) is 10.9 Å². The van der Waals surface area contributed by atoms with Crippen LogP contribution in [0.1, 0.15) is 11.1 Å². The van der Waals surface area contributed by atoms with Crippen LogP contribution in [0.4, 0.5) is 0 Å². The van der Waals surface area contributed by atoms with Gasteiger partial charge in [0.15, 0.2) is 0 Å². The second kappa shape index (κ2) is 6.17. The second-order valence-corrected chi connectivity index (χ2v) is 5.50. The number of ether oxygens (including phenoxy) is 3. The van der Waals surface area contributed by atoms with Gasteiger partial charge in [0.2, 0.25) is 0 Å². The molecule has 0 N–H and O–H groups in total. The van der Waals surface area contributed by atoms with Gasteiger partial charge in [0.05, 0.1) is 19.8 Å². The fraction of sp³-hybridized carbons (Fsp3) is 0.211. The Morgan fingerprint density at radius 2 is 1.67 bits per heavy atom. The zero-order valence-corrected chi connectivity index (χ0v) is 14.1. The Kier molecular flexibility index (Phi) is 4.05. The number of fused-ring (bicyclic) bond motifs is 1. The first-order chi connectivity index (χ1) is 11.6. The monoisotopic (exact) mass is 322 g/mol. The largest absolute Gasteiger partial charge is 0.496 e. The molecule has 5 nitrogen and oxygen atoms in total. The highest BCUT2D eigenvalue weighted by Crippen LogP contribution is 2.36. The lowest BCUT2D eigenvalue weighted by molar-refractivity contribution is 0.381. The number of aryl methyl sites for hydroxylation is 1. The third-order valence-electron chi connectivity index (χ3n) is 4.04. The lowest BCUT2D eigenvalue weighted by Crippen LogP contribution is -1.94. The van der Waals surface area contributed by atoms with Gasteiger partial charge in [-0.15, -0.1) is 0 Å². The fourth-order valence-corrected chi connectivity index (χ4v) is 2.78. The zero-order chi connectivity index (χ0) is 17.3. The van der Waals surface area contributed by atoms with Crippen LogP contribution in [0.15, 0.2) is 36.5 Å². The van der Waals surface area contributed by atoms with Crippen molar-refractivity contribution >= 4 is 10.9 Å². The molecule has 3 aromatic rings. The third-order valence-corrected chi connectivity index (χ3v) is 4.04. The third kappa shape index (κ3) is 2.63. The lowest BCUT2D eigenvalue weighted by atomic mass is 10.1. The second-order valence-electron chi connectivity index (χ2n) is 5.50. The van der Waals surface area contributed by atoms with Crippen LogP contribution in [-0.2, 0) is 7.05 Å². The van der Waals surface area contributed by atoms with E-state index in [2.05, 4.69) is 6.07 Å². The lowest BCUT2D eigenvalue weighted by Gasteiger charge is -2.13. The highest BCUT2D eigenvalue weighted by molar-refractivity contribution is 5.87. The van der Waals surface area contributed by atoms with Gasteiger partial charge in [-0.1, -0.05) is 0 Å². The molecule has 0 radical (unpaired) electrons. The summed E-state index contributed by atoms with van der Waals surface area (Å²) in [6, 6.07) is 11.5. The van der Waals surface area contributed by atoms with Crippen molar-refractivity contribution in [2.75, 3.05) is 14.2 Å². The highest BCUT2D eigenvalue weighted by Gasteiger charge is 2.11. The molecule has 0 unspecified atom stereocenters. The van der Waals surface area contributed by atoms with Gasteiger partial charge in [-0.25, -0.2) is 0 Å². The minimum Gasteiger partial charge on any atom is -0.496 e. The SMILES string of the molecule is COc1cc(Oc2ccc3c(c2)c(C#N)cn3C)cc(OC)c1C. The number of nitrogens with zero attached hydrogens (tertiary/aromatic N) is 2. The summed E-state index contributed by atoms with van der Waals surface area (Å²) in [5, 5.41) is 10.1. The maximum Gasteiger partial charge on any atom is 0.134 e. The molecule has 1 aromatic heterocycles. The van der Waals surface area contributed by atoms with Crippen LogP contribution in [0, 0.1) is 18.3 Å². The van der Waals surface area contributed by atoms with Crippen LogP contribution < -0.4 is 14.2 Å².